The van der Waals surface area contributed by atoms with Crippen molar-refractivity contribution in [3.8, 4) is 5.69 Å². The van der Waals surface area contributed by atoms with E-state index in [0.29, 0.717) is 13.2 Å². The Labute approximate surface area is 135 Å². The minimum Gasteiger partial charge on any atom is -0.375 e. The Morgan fingerprint density at radius 1 is 1.35 bits per heavy atom. The van der Waals surface area contributed by atoms with E-state index in [9.17, 15) is 4.79 Å². The molecular weight excluding hydrogens is 292 g/mol. The number of aryl methyl sites for hydroxylation is 1. The van der Waals surface area contributed by atoms with Gasteiger partial charge in [-0.1, -0.05) is 0 Å². The topological polar surface area (TPSA) is 68.2 Å². The van der Waals surface area contributed by atoms with E-state index in [1.165, 1.54) is 0 Å². The number of amides is 1. The highest BCUT2D eigenvalue weighted by Crippen LogP contribution is 2.17. The molecule has 2 atom stereocenters. The van der Waals surface area contributed by atoms with Crippen molar-refractivity contribution < 1.29 is 9.53 Å². The van der Waals surface area contributed by atoms with Gasteiger partial charge in [-0.25, -0.2) is 4.98 Å². The molecule has 6 heteroatoms. The Bertz CT molecular complexity index is 693. The Morgan fingerprint density at radius 2 is 2.09 bits per heavy atom. The van der Waals surface area contributed by atoms with Crippen LogP contribution in [0.1, 0.15) is 18.3 Å². The van der Waals surface area contributed by atoms with Gasteiger partial charge in [-0.2, -0.15) is 0 Å². The monoisotopic (exact) mass is 314 g/mol. The Hall–Kier alpha value is -2.18. The molecule has 0 radical (unpaired) electrons. The summed E-state index contributed by atoms with van der Waals surface area (Å²) in [6.45, 7) is 7.27. The molecule has 0 unspecified atom stereocenters. The predicted octanol–water partition coefficient (Wildman–Crippen LogP) is 1.80. The first-order valence-electron chi connectivity index (χ1n) is 7.83. The number of aromatic nitrogens is 2. The summed E-state index contributed by atoms with van der Waals surface area (Å²) in [6, 6.07) is 7.42. The fourth-order valence-electron chi connectivity index (χ4n) is 2.71. The molecule has 0 bridgehead atoms. The lowest BCUT2D eigenvalue weighted by Crippen LogP contribution is -2.53. The zero-order chi connectivity index (χ0) is 16.4. The summed E-state index contributed by atoms with van der Waals surface area (Å²) in [6.07, 6.45) is 1.68. The van der Waals surface area contributed by atoms with Crippen LogP contribution in [0.4, 0.5) is 5.69 Å². The fourth-order valence-corrected chi connectivity index (χ4v) is 2.71. The molecule has 1 aliphatic rings. The molecule has 0 aliphatic carbocycles. The van der Waals surface area contributed by atoms with Gasteiger partial charge >= 0.3 is 0 Å². The van der Waals surface area contributed by atoms with Gasteiger partial charge in [0.05, 0.1) is 24.7 Å². The van der Waals surface area contributed by atoms with Gasteiger partial charge in [-0.15, -0.1) is 0 Å². The second-order valence-electron chi connectivity index (χ2n) is 5.83. The van der Waals surface area contributed by atoms with E-state index in [-0.39, 0.29) is 18.1 Å². The molecule has 1 saturated heterocycles. The number of anilines is 1. The largest absolute Gasteiger partial charge is 0.375 e. The zero-order valence-corrected chi connectivity index (χ0v) is 13.7. The van der Waals surface area contributed by atoms with Crippen LogP contribution in [-0.2, 0) is 9.53 Å². The maximum atomic E-state index is 12.3. The van der Waals surface area contributed by atoms with Crippen molar-refractivity contribution >= 4 is 11.6 Å². The van der Waals surface area contributed by atoms with Crippen LogP contribution in [0.5, 0.6) is 0 Å². The molecular formula is C17H22N4O2. The van der Waals surface area contributed by atoms with Gasteiger partial charge in [0.1, 0.15) is 6.04 Å². The van der Waals surface area contributed by atoms with E-state index in [4.69, 9.17) is 4.74 Å². The lowest BCUT2D eigenvalue weighted by Gasteiger charge is -2.29. The van der Waals surface area contributed by atoms with Crippen molar-refractivity contribution in [2.75, 3.05) is 18.5 Å². The zero-order valence-electron chi connectivity index (χ0n) is 13.7. The van der Waals surface area contributed by atoms with Crippen LogP contribution in [-0.4, -0.2) is 40.8 Å². The molecule has 6 nitrogen and oxygen atoms in total. The highest BCUT2D eigenvalue weighted by atomic mass is 16.5. The first kappa shape index (κ1) is 15.7. The van der Waals surface area contributed by atoms with E-state index in [2.05, 4.69) is 15.6 Å². The van der Waals surface area contributed by atoms with Gasteiger partial charge < -0.3 is 19.9 Å². The van der Waals surface area contributed by atoms with Crippen LogP contribution in [0.3, 0.4) is 0 Å². The molecule has 1 amide bonds. The minimum atomic E-state index is -0.318. The Morgan fingerprint density at radius 3 is 2.70 bits per heavy atom. The third-order valence-electron chi connectivity index (χ3n) is 4.26. The highest BCUT2D eigenvalue weighted by molar-refractivity contribution is 5.95. The third kappa shape index (κ3) is 3.28. The number of carbonyl (C=O) groups is 1. The molecule has 2 aromatic rings. The van der Waals surface area contributed by atoms with Gasteiger partial charge in [0.25, 0.3) is 0 Å². The molecule has 1 aromatic carbocycles. The average molecular weight is 314 g/mol. The number of hydrogen-bond acceptors (Lipinski definition) is 4. The quantitative estimate of drug-likeness (QED) is 0.906. The van der Waals surface area contributed by atoms with Crippen molar-refractivity contribution in [1.29, 1.82) is 0 Å². The number of nitrogens with zero attached hydrogens (tertiary/aromatic N) is 2. The fraction of sp³-hybridized carbons (Fsp3) is 0.412. The summed E-state index contributed by atoms with van der Waals surface area (Å²) in [5.41, 5.74) is 3.92. The minimum absolute atomic E-state index is 0.0698. The van der Waals surface area contributed by atoms with Crippen molar-refractivity contribution in [2.24, 2.45) is 0 Å². The molecule has 3 rings (SSSR count). The molecule has 2 heterocycles. The number of benzene rings is 1. The lowest BCUT2D eigenvalue weighted by atomic mass is 10.1. The molecule has 1 fully saturated rings. The van der Waals surface area contributed by atoms with E-state index >= 15 is 0 Å². The number of carbonyl (C=O) groups excluding carboxylic acids is 1. The second-order valence-corrected chi connectivity index (χ2v) is 5.83. The summed E-state index contributed by atoms with van der Waals surface area (Å²) in [4.78, 5) is 16.6. The third-order valence-corrected chi connectivity index (χ3v) is 4.26. The smallest absolute Gasteiger partial charge is 0.244 e. The Kier molecular flexibility index (Phi) is 4.45. The van der Waals surface area contributed by atoms with E-state index in [1.807, 2.05) is 55.9 Å². The van der Waals surface area contributed by atoms with Crippen molar-refractivity contribution in [3.05, 3.63) is 42.0 Å². The standard InChI is InChI=1S/C17H22N4O2/c1-11-12(2)21(10-19-11)15-6-4-14(5-7-15)20-17(22)16-13(3)23-9-8-18-16/h4-7,10,13,16,18H,8-9H2,1-3H3,(H,20,22)/t13-,16+/m1/s1. The molecule has 2 N–H and O–H groups in total. The number of rotatable bonds is 3. The van der Waals surface area contributed by atoms with E-state index in [0.717, 1.165) is 22.8 Å². The SMILES string of the molecule is Cc1ncn(-c2ccc(NC(=O)[C@H]3NCCO[C@@H]3C)cc2)c1C. The van der Waals surface area contributed by atoms with E-state index in [1.54, 1.807) is 0 Å². The molecule has 0 spiro atoms. The van der Waals surface area contributed by atoms with Crippen molar-refractivity contribution in [2.45, 2.75) is 32.9 Å². The van der Waals surface area contributed by atoms with Gasteiger partial charge in [0.15, 0.2) is 0 Å². The van der Waals surface area contributed by atoms with Crippen LogP contribution in [0.2, 0.25) is 0 Å². The number of imidazole rings is 1. The highest BCUT2D eigenvalue weighted by Gasteiger charge is 2.28. The molecule has 1 aromatic heterocycles. The van der Waals surface area contributed by atoms with Crippen LogP contribution < -0.4 is 10.6 Å². The number of hydrogen-bond donors (Lipinski definition) is 2. The van der Waals surface area contributed by atoms with Crippen LogP contribution >= 0.6 is 0 Å². The summed E-state index contributed by atoms with van der Waals surface area (Å²) >= 11 is 0. The van der Waals surface area contributed by atoms with Crippen molar-refractivity contribution in [1.82, 2.24) is 14.9 Å². The number of nitrogens with one attached hydrogen (secondary N) is 2. The second kappa shape index (κ2) is 6.52. The molecule has 23 heavy (non-hydrogen) atoms. The maximum Gasteiger partial charge on any atom is 0.244 e. The lowest BCUT2D eigenvalue weighted by molar-refractivity contribution is -0.123. The first-order valence-corrected chi connectivity index (χ1v) is 7.83. The molecule has 122 valence electrons. The van der Waals surface area contributed by atoms with Gasteiger partial charge in [-0.05, 0) is 45.0 Å². The summed E-state index contributed by atoms with van der Waals surface area (Å²) in [7, 11) is 0. The normalized spacial score (nSPS) is 21.2. The maximum absolute atomic E-state index is 12.3. The van der Waals surface area contributed by atoms with Gasteiger partial charge in [0.2, 0.25) is 5.91 Å². The first-order chi connectivity index (χ1) is 11.1. The van der Waals surface area contributed by atoms with Crippen LogP contribution in [0.25, 0.3) is 5.69 Å². The molecule has 0 saturated carbocycles. The summed E-state index contributed by atoms with van der Waals surface area (Å²) in [5, 5.41) is 6.12. The van der Waals surface area contributed by atoms with Gasteiger partial charge in [0, 0.05) is 23.6 Å². The van der Waals surface area contributed by atoms with Crippen molar-refractivity contribution in [3.63, 3.8) is 0 Å². The van der Waals surface area contributed by atoms with E-state index < -0.39 is 0 Å². The average Bonchev–Trinajstić information content (AvgIpc) is 2.88. The molecule has 1 aliphatic heterocycles. The number of morpholine rings is 1. The van der Waals surface area contributed by atoms with Gasteiger partial charge in [-0.3, -0.25) is 4.79 Å². The van der Waals surface area contributed by atoms with Crippen LogP contribution in [0.15, 0.2) is 30.6 Å². The number of ether oxygens (including phenoxy) is 1. The summed E-state index contributed by atoms with van der Waals surface area (Å²) < 4.78 is 7.54. The predicted molar refractivity (Wildman–Crippen MR) is 88.9 cm³/mol. The van der Waals surface area contributed by atoms with Crippen LogP contribution in [0, 0.1) is 13.8 Å². The Balaban J connectivity index is 1.70. The summed E-state index contributed by atoms with van der Waals surface area (Å²) in [5.74, 6) is -0.0698.